The Morgan fingerprint density at radius 3 is 2.62 bits per heavy atom. The number of benzene rings is 1. The van der Waals surface area contributed by atoms with Crippen LogP contribution in [0.15, 0.2) is 42.0 Å². The number of rotatable bonds is 3. The van der Waals surface area contributed by atoms with Gasteiger partial charge in [0.15, 0.2) is 0 Å². The number of hydrogen-bond acceptors (Lipinski definition) is 2. The van der Waals surface area contributed by atoms with Gasteiger partial charge in [0.05, 0.1) is 16.8 Å². The lowest BCUT2D eigenvalue weighted by atomic mass is 9.67. The van der Waals surface area contributed by atoms with Gasteiger partial charge in [-0.15, -0.1) is 0 Å². The summed E-state index contributed by atoms with van der Waals surface area (Å²) < 4.78 is 39.1. The van der Waals surface area contributed by atoms with Crippen molar-refractivity contribution in [1.82, 2.24) is 0 Å². The third kappa shape index (κ3) is 2.60. The topological polar surface area (TPSA) is 46.3 Å². The molecular weight excluding hydrogens is 317 g/mol. The highest BCUT2D eigenvalue weighted by atomic mass is 19.4. The summed E-state index contributed by atoms with van der Waals surface area (Å²) >= 11 is 0. The maximum atomic E-state index is 13.0. The highest BCUT2D eigenvalue weighted by Crippen LogP contribution is 2.50. The first-order chi connectivity index (χ1) is 11.2. The molecular formula is C18H19F3N2O. The van der Waals surface area contributed by atoms with Gasteiger partial charge >= 0.3 is 6.18 Å². The second-order valence-corrected chi connectivity index (χ2v) is 6.30. The van der Waals surface area contributed by atoms with Crippen LogP contribution in [0.25, 0.3) is 0 Å². The summed E-state index contributed by atoms with van der Waals surface area (Å²) in [7, 11) is 0. The van der Waals surface area contributed by atoms with E-state index < -0.39 is 17.6 Å². The molecule has 2 fully saturated rings. The van der Waals surface area contributed by atoms with E-state index in [0.717, 1.165) is 24.1 Å². The zero-order valence-corrected chi connectivity index (χ0v) is 13.4. The molecule has 1 aromatic rings. The van der Waals surface area contributed by atoms with Gasteiger partial charge in [-0.05, 0) is 35.8 Å². The van der Waals surface area contributed by atoms with Gasteiger partial charge in [-0.3, -0.25) is 4.79 Å². The number of amides is 1. The Hall–Kier alpha value is -2.24. The summed E-state index contributed by atoms with van der Waals surface area (Å²) in [5, 5.41) is 0. The first-order valence-electron chi connectivity index (χ1n) is 7.89. The predicted octanol–water partition coefficient (Wildman–Crippen LogP) is 3.76. The van der Waals surface area contributed by atoms with Crippen LogP contribution in [0.1, 0.15) is 29.3 Å². The molecule has 2 aliphatic rings. The van der Waals surface area contributed by atoms with Crippen molar-refractivity contribution in [2.45, 2.75) is 19.5 Å². The minimum atomic E-state index is -4.46. The number of halogens is 3. The van der Waals surface area contributed by atoms with Crippen LogP contribution in [0.5, 0.6) is 0 Å². The summed E-state index contributed by atoms with van der Waals surface area (Å²) in [4.78, 5) is 13.5. The standard InChI is InChI=1S/C18H19F3N2O/c1-3-4-12-10(2)14-8-23(9-15(12)14)16-7-11(18(19,20)21)5-6-13(16)17(22)24/h4-7,14-15H,2-3,8-9H2,1H3,(H2,22,24)/b12-4-. The molecule has 3 rings (SSSR count). The quantitative estimate of drug-likeness (QED) is 0.913. The zero-order valence-electron chi connectivity index (χ0n) is 13.4. The van der Waals surface area contributed by atoms with Crippen molar-refractivity contribution in [3.05, 3.63) is 53.1 Å². The molecule has 1 aromatic carbocycles. The predicted molar refractivity (Wildman–Crippen MR) is 86.7 cm³/mol. The smallest absolute Gasteiger partial charge is 0.370 e. The number of anilines is 1. The van der Waals surface area contributed by atoms with E-state index in [4.69, 9.17) is 5.73 Å². The van der Waals surface area contributed by atoms with Crippen molar-refractivity contribution in [1.29, 1.82) is 0 Å². The number of carbonyl (C=O) groups is 1. The number of alkyl halides is 3. The molecule has 0 bridgehead atoms. The maximum absolute atomic E-state index is 13.0. The average Bonchev–Trinajstić information content (AvgIpc) is 2.91. The number of fused-ring (bicyclic) bond motifs is 1. The number of nitrogens with zero attached hydrogens (tertiary/aromatic N) is 1. The summed E-state index contributed by atoms with van der Waals surface area (Å²) in [6, 6.07) is 3.09. The van der Waals surface area contributed by atoms with Gasteiger partial charge in [-0.1, -0.05) is 19.6 Å². The Balaban J connectivity index is 1.96. The lowest BCUT2D eigenvalue weighted by Crippen LogP contribution is -2.29. The second-order valence-electron chi connectivity index (χ2n) is 6.30. The van der Waals surface area contributed by atoms with Crippen molar-refractivity contribution in [3.8, 4) is 0 Å². The molecule has 1 aliphatic carbocycles. The molecule has 24 heavy (non-hydrogen) atoms. The number of primary amides is 1. The average molecular weight is 336 g/mol. The van der Waals surface area contributed by atoms with E-state index in [1.54, 1.807) is 0 Å². The van der Waals surface area contributed by atoms with E-state index in [1.165, 1.54) is 11.6 Å². The molecule has 1 saturated carbocycles. The minimum absolute atomic E-state index is 0.121. The van der Waals surface area contributed by atoms with Crippen molar-refractivity contribution >= 4 is 11.6 Å². The second kappa shape index (κ2) is 5.69. The fourth-order valence-electron chi connectivity index (χ4n) is 3.71. The third-order valence-corrected chi connectivity index (χ3v) is 4.89. The third-order valence-electron chi connectivity index (χ3n) is 4.89. The molecule has 0 radical (unpaired) electrons. The molecule has 3 nitrogen and oxygen atoms in total. The summed E-state index contributed by atoms with van der Waals surface area (Å²) in [5.74, 6) is -0.216. The van der Waals surface area contributed by atoms with E-state index in [-0.39, 0.29) is 23.1 Å². The lowest BCUT2D eigenvalue weighted by molar-refractivity contribution is -0.137. The molecule has 0 spiro atoms. The Kier molecular flexibility index (Phi) is 3.94. The van der Waals surface area contributed by atoms with Crippen molar-refractivity contribution in [3.63, 3.8) is 0 Å². The summed E-state index contributed by atoms with van der Waals surface area (Å²) in [6.07, 6.45) is -1.44. The molecule has 2 atom stereocenters. The van der Waals surface area contributed by atoms with Crippen molar-refractivity contribution in [2.24, 2.45) is 17.6 Å². The van der Waals surface area contributed by atoms with Crippen molar-refractivity contribution < 1.29 is 18.0 Å². The van der Waals surface area contributed by atoms with E-state index in [1.807, 2.05) is 11.8 Å². The highest BCUT2D eigenvalue weighted by molar-refractivity contribution is 5.99. The molecule has 2 unspecified atom stereocenters. The number of carbonyl (C=O) groups excluding carboxylic acids is 1. The summed E-state index contributed by atoms with van der Waals surface area (Å²) in [5.41, 5.74) is 7.21. The lowest BCUT2D eigenvalue weighted by Gasteiger charge is -2.35. The fourth-order valence-corrected chi connectivity index (χ4v) is 3.71. The van der Waals surface area contributed by atoms with Gasteiger partial charge in [0.2, 0.25) is 0 Å². The van der Waals surface area contributed by atoms with Crippen LogP contribution >= 0.6 is 0 Å². The largest absolute Gasteiger partial charge is 0.416 e. The van der Waals surface area contributed by atoms with E-state index >= 15 is 0 Å². The first-order valence-corrected chi connectivity index (χ1v) is 7.89. The highest BCUT2D eigenvalue weighted by Gasteiger charge is 2.46. The van der Waals surface area contributed by atoms with Gasteiger partial charge in [0.1, 0.15) is 0 Å². The Morgan fingerprint density at radius 1 is 1.38 bits per heavy atom. The molecule has 2 N–H and O–H groups in total. The van der Waals surface area contributed by atoms with Crippen LogP contribution in [0.4, 0.5) is 18.9 Å². The van der Waals surface area contributed by atoms with Crippen LogP contribution < -0.4 is 10.6 Å². The molecule has 0 aromatic heterocycles. The fraction of sp³-hybridized carbons (Fsp3) is 0.389. The van der Waals surface area contributed by atoms with E-state index in [0.29, 0.717) is 13.1 Å². The Morgan fingerprint density at radius 2 is 2.04 bits per heavy atom. The Labute approximate surface area is 138 Å². The van der Waals surface area contributed by atoms with Crippen LogP contribution in [-0.2, 0) is 6.18 Å². The van der Waals surface area contributed by atoms with Gasteiger partial charge < -0.3 is 10.6 Å². The molecule has 1 amide bonds. The van der Waals surface area contributed by atoms with E-state index in [9.17, 15) is 18.0 Å². The SMILES string of the molecule is C=C1/C(=C/CC)C2CN(c3cc(C(F)(F)F)ccc3C(N)=O)CC12. The maximum Gasteiger partial charge on any atom is 0.416 e. The van der Waals surface area contributed by atoms with Gasteiger partial charge in [0, 0.05) is 24.9 Å². The molecule has 1 saturated heterocycles. The van der Waals surface area contributed by atoms with Crippen LogP contribution in [0, 0.1) is 11.8 Å². The van der Waals surface area contributed by atoms with Gasteiger partial charge in [-0.25, -0.2) is 0 Å². The molecule has 1 aliphatic heterocycles. The monoisotopic (exact) mass is 336 g/mol. The number of allylic oxidation sites excluding steroid dienone is 1. The minimum Gasteiger partial charge on any atom is -0.370 e. The first kappa shape index (κ1) is 16.6. The Bertz CT molecular complexity index is 736. The number of hydrogen-bond donors (Lipinski definition) is 1. The van der Waals surface area contributed by atoms with Crippen LogP contribution in [0.3, 0.4) is 0 Å². The molecule has 128 valence electrons. The van der Waals surface area contributed by atoms with Crippen LogP contribution in [-0.4, -0.2) is 19.0 Å². The van der Waals surface area contributed by atoms with E-state index in [2.05, 4.69) is 12.7 Å². The molecule has 6 heteroatoms. The van der Waals surface area contributed by atoms with Gasteiger partial charge in [0.25, 0.3) is 5.91 Å². The normalized spacial score (nSPS) is 24.9. The zero-order chi connectivity index (χ0) is 17.6. The number of nitrogens with two attached hydrogens (primary N) is 1. The van der Waals surface area contributed by atoms with Crippen molar-refractivity contribution in [2.75, 3.05) is 18.0 Å². The van der Waals surface area contributed by atoms with Crippen LogP contribution in [0.2, 0.25) is 0 Å². The van der Waals surface area contributed by atoms with Gasteiger partial charge in [-0.2, -0.15) is 13.2 Å². The molecule has 1 heterocycles. The summed E-state index contributed by atoms with van der Waals surface area (Å²) in [6.45, 7) is 7.26.